The monoisotopic (exact) mass is 645 g/mol. The molecule has 4 fully saturated rings. The first-order valence-corrected chi connectivity index (χ1v) is 18.9. The minimum atomic E-state index is -0.0620. The molecule has 0 amide bonds. The number of rotatable bonds is 4. The van der Waals surface area contributed by atoms with Crippen LogP contribution in [0, 0.1) is 23.7 Å². The van der Waals surface area contributed by atoms with Crippen molar-refractivity contribution in [3.05, 3.63) is 162 Å². The van der Waals surface area contributed by atoms with Gasteiger partial charge in [0.1, 0.15) is 0 Å². The molecule has 244 valence electrons. The van der Waals surface area contributed by atoms with Crippen LogP contribution in [0.2, 0.25) is 0 Å². The lowest BCUT2D eigenvalue weighted by Gasteiger charge is -2.61. The van der Waals surface area contributed by atoms with Crippen molar-refractivity contribution in [2.45, 2.75) is 56.8 Å². The van der Waals surface area contributed by atoms with Crippen LogP contribution in [-0.4, -0.2) is 0 Å². The predicted octanol–water partition coefficient (Wildman–Crippen LogP) is 12.9. The average molecular weight is 646 g/mol. The number of nitrogens with zero attached hydrogens (tertiary/aromatic N) is 1. The lowest BCUT2D eigenvalue weighted by molar-refractivity contribution is -0.0399. The van der Waals surface area contributed by atoms with E-state index in [1.807, 2.05) is 0 Å². The van der Waals surface area contributed by atoms with E-state index in [-0.39, 0.29) is 10.8 Å². The summed E-state index contributed by atoms with van der Waals surface area (Å²) < 4.78 is 0. The van der Waals surface area contributed by atoms with Crippen molar-refractivity contribution in [3.8, 4) is 33.4 Å². The summed E-state index contributed by atoms with van der Waals surface area (Å²) in [6.07, 6.45) is 7.13. The minimum Gasteiger partial charge on any atom is -0.310 e. The van der Waals surface area contributed by atoms with Gasteiger partial charge >= 0.3 is 0 Å². The van der Waals surface area contributed by atoms with Gasteiger partial charge in [0.05, 0.1) is 0 Å². The summed E-state index contributed by atoms with van der Waals surface area (Å²) in [5, 5.41) is 0. The van der Waals surface area contributed by atoms with Crippen LogP contribution in [0.1, 0.15) is 68.2 Å². The van der Waals surface area contributed by atoms with Gasteiger partial charge in [0.15, 0.2) is 0 Å². The Labute approximate surface area is 296 Å². The van der Waals surface area contributed by atoms with E-state index in [0.717, 1.165) is 23.7 Å². The highest BCUT2D eigenvalue weighted by Gasteiger charge is 2.61. The van der Waals surface area contributed by atoms with Crippen molar-refractivity contribution in [2.75, 3.05) is 4.90 Å². The van der Waals surface area contributed by atoms with Gasteiger partial charge in [-0.3, -0.25) is 0 Å². The van der Waals surface area contributed by atoms with E-state index in [0.29, 0.717) is 0 Å². The molecule has 0 heterocycles. The molecule has 6 aliphatic rings. The van der Waals surface area contributed by atoms with Crippen molar-refractivity contribution in [1.82, 2.24) is 0 Å². The van der Waals surface area contributed by atoms with Gasteiger partial charge in [0.25, 0.3) is 0 Å². The summed E-state index contributed by atoms with van der Waals surface area (Å²) in [5.74, 6) is 3.44. The number of benzene rings is 6. The standard InChI is InChI=1S/C49H43N/c1-48(2)44-14-8-6-12-40(44)42-22-20-39(30-47(42)48)50(37-18-16-34(17-19-37)33-10-4-3-5-11-33)38-21-23-46-43(29-38)41-13-7-9-15-45(41)49(46)35-25-31-24-32(27-35)28-36(49)26-31/h3-23,29-32,35-36H,24-28H2,1-2H3. The molecule has 0 N–H and O–H groups in total. The zero-order chi connectivity index (χ0) is 33.2. The van der Waals surface area contributed by atoms with E-state index in [2.05, 4.69) is 158 Å². The molecule has 12 rings (SSSR count). The van der Waals surface area contributed by atoms with Gasteiger partial charge < -0.3 is 4.90 Å². The first kappa shape index (κ1) is 28.9. The smallest absolute Gasteiger partial charge is 0.0468 e. The highest BCUT2D eigenvalue weighted by atomic mass is 15.1. The van der Waals surface area contributed by atoms with Crippen molar-refractivity contribution in [2.24, 2.45) is 23.7 Å². The Hall–Kier alpha value is -4.88. The highest BCUT2D eigenvalue weighted by molar-refractivity contribution is 5.89. The number of fused-ring (bicyclic) bond motifs is 6. The molecule has 6 aromatic rings. The van der Waals surface area contributed by atoms with Crippen LogP contribution in [-0.2, 0) is 10.8 Å². The first-order valence-electron chi connectivity index (χ1n) is 18.9. The third-order valence-electron chi connectivity index (χ3n) is 13.9. The molecule has 0 radical (unpaired) electrons. The average Bonchev–Trinajstić information content (AvgIpc) is 3.57. The summed E-state index contributed by atoms with van der Waals surface area (Å²) in [7, 11) is 0. The van der Waals surface area contributed by atoms with E-state index in [9.17, 15) is 0 Å². The lowest BCUT2D eigenvalue weighted by atomic mass is 9.43. The molecule has 1 nitrogen and oxygen atoms in total. The van der Waals surface area contributed by atoms with E-state index in [4.69, 9.17) is 0 Å². The zero-order valence-electron chi connectivity index (χ0n) is 29.1. The summed E-state index contributed by atoms with van der Waals surface area (Å²) in [6.45, 7) is 4.77. The molecule has 0 aliphatic heterocycles. The molecule has 6 aliphatic carbocycles. The van der Waals surface area contributed by atoms with Gasteiger partial charge in [-0.05, 0) is 148 Å². The molecule has 0 unspecified atom stereocenters. The van der Waals surface area contributed by atoms with Crippen LogP contribution in [0.5, 0.6) is 0 Å². The van der Waals surface area contributed by atoms with Crippen molar-refractivity contribution < 1.29 is 0 Å². The van der Waals surface area contributed by atoms with Crippen LogP contribution >= 0.6 is 0 Å². The summed E-state index contributed by atoms with van der Waals surface area (Å²) in [5.41, 5.74) is 18.0. The maximum atomic E-state index is 2.56. The quantitative estimate of drug-likeness (QED) is 0.184. The first-order chi connectivity index (χ1) is 24.5. The normalized spacial score (nSPS) is 25.6. The Balaban J connectivity index is 1.09. The molecule has 0 aromatic heterocycles. The second kappa shape index (κ2) is 10.3. The molecule has 4 saturated carbocycles. The molecule has 1 heteroatoms. The predicted molar refractivity (Wildman–Crippen MR) is 207 cm³/mol. The van der Waals surface area contributed by atoms with Crippen LogP contribution in [0.15, 0.2) is 140 Å². The molecule has 1 spiro atoms. The van der Waals surface area contributed by atoms with Crippen LogP contribution in [0.4, 0.5) is 17.1 Å². The van der Waals surface area contributed by atoms with Crippen LogP contribution < -0.4 is 4.90 Å². The molecule has 50 heavy (non-hydrogen) atoms. The summed E-state index contributed by atoms with van der Waals surface area (Å²) in [4.78, 5) is 2.51. The lowest BCUT2D eigenvalue weighted by Crippen LogP contribution is -2.55. The van der Waals surface area contributed by atoms with E-state index >= 15 is 0 Å². The van der Waals surface area contributed by atoms with Crippen molar-refractivity contribution in [3.63, 3.8) is 0 Å². The topological polar surface area (TPSA) is 3.24 Å². The molecular weight excluding hydrogens is 603 g/mol. The molecule has 0 atom stereocenters. The van der Waals surface area contributed by atoms with Gasteiger partial charge in [-0.25, -0.2) is 0 Å². The number of anilines is 3. The second-order valence-corrected chi connectivity index (χ2v) is 16.6. The van der Waals surface area contributed by atoms with E-state index < -0.39 is 0 Å². The van der Waals surface area contributed by atoms with E-state index in [1.54, 1.807) is 11.1 Å². The molecule has 4 bridgehead atoms. The summed E-state index contributed by atoms with van der Waals surface area (Å²) in [6, 6.07) is 53.2. The fourth-order valence-corrected chi connectivity index (χ4v) is 12.0. The number of hydrogen-bond acceptors (Lipinski definition) is 1. The van der Waals surface area contributed by atoms with Crippen molar-refractivity contribution >= 4 is 17.1 Å². The number of hydrogen-bond donors (Lipinski definition) is 0. The third-order valence-corrected chi connectivity index (χ3v) is 13.9. The molecular formula is C49H43N. The van der Waals surface area contributed by atoms with Gasteiger partial charge in [0, 0.05) is 27.9 Å². The fraction of sp³-hybridized carbons (Fsp3) is 0.265. The largest absolute Gasteiger partial charge is 0.310 e. The van der Waals surface area contributed by atoms with Crippen LogP contribution in [0.3, 0.4) is 0 Å². The Morgan fingerprint density at radius 3 is 1.66 bits per heavy atom. The van der Waals surface area contributed by atoms with Gasteiger partial charge in [-0.2, -0.15) is 0 Å². The Morgan fingerprint density at radius 1 is 0.420 bits per heavy atom. The Kier molecular flexibility index (Phi) is 5.97. The Morgan fingerprint density at radius 2 is 0.940 bits per heavy atom. The summed E-state index contributed by atoms with van der Waals surface area (Å²) >= 11 is 0. The SMILES string of the molecule is CC1(C)c2ccccc2-c2ccc(N(c3ccc(-c4ccccc4)cc3)c3ccc4c(c3)-c3ccccc3C43C4CC5CC(C4)CC3C5)cc21. The Bertz CT molecular complexity index is 2280. The third kappa shape index (κ3) is 3.84. The maximum absolute atomic E-state index is 2.56. The van der Waals surface area contributed by atoms with Gasteiger partial charge in [0.2, 0.25) is 0 Å². The van der Waals surface area contributed by atoms with E-state index in [1.165, 1.54) is 93.7 Å². The fourth-order valence-electron chi connectivity index (χ4n) is 12.0. The highest BCUT2D eigenvalue weighted by Crippen LogP contribution is 2.69. The van der Waals surface area contributed by atoms with Gasteiger partial charge in [-0.1, -0.05) is 117 Å². The zero-order valence-corrected chi connectivity index (χ0v) is 29.1. The van der Waals surface area contributed by atoms with Crippen LogP contribution in [0.25, 0.3) is 33.4 Å². The second-order valence-electron chi connectivity index (χ2n) is 16.6. The van der Waals surface area contributed by atoms with Crippen molar-refractivity contribution in [1.29, 1.82) is 0 Å². The molecule has 0 saturated heterocycles. The van der Waals surface area contributed by atoms with Gasteiger partial charge in [-0.15, -0.1) is 0 Å². The minimum absolute atomic E-state index is 0.0620. The maximum Gasteiger partial charge on any atom is 0.0468 e. The molecule has 6 aromatic carbocycles.